The largest absolute Gasteiger partial charge is 0.381 e. The van der Waals surface area contributed by atoms with Gasteiger partial charge < -0.3 is 10.2 Å². The molecule has 0 radical (unpaired) electrons. The molecule has 0 bridgehead atoms. The van der Waals surface area contributed by atoms with Crippen LogP contribution in [-0.4, -0.2) is 10.2 Å². The van der Waals surface area contributed by atoms with Crippen LogP contribution in [0.1, 0.15) is 25.0 Å². The standard InChI is InChI=1S/C18H20O2/c1-17(19,15-9-5-3-6-10-15)13-14-18(2,20)16-11-7-4-8-12-16/h3-14,19-20H,1-2H3. The van der Waals surface area contributed by atoms with E-state index in [4.69, 9.17) is 0 Å². The Hall–Kier alpha value is -1.90. The van der Waals surface area contributed by atoms with E-state index in [1.165, 1.54) is 0 Å². The van der Waals surface area contributed by atoms with Crippen LogP contribution >= 0.6 is 0 Å². The third kappa shape index (κ3) is 3.35. The highest BCUT2D eigenvalue weighted by Gasteiger charge is 2.23. The van der Waals surface area contributed by atoms with E-state index in [2.05, 4.69) is 0 Å². The molecule has 20 heavy (non-hydrogen) atoms. The molecule has 0 fully saturated rings. The van der Waals surface area contributed by atoms with Gasteiger partial charge in [-0.3, -0.25) is 0 Å². The maximum atomic E-state index is 10.5. The van der Waals surface area contributed by atoms with Gasteiger partial charge in [-0.1, -0.05) is 60.7 Å². The molecule has 0 amide bonds. The molecule has 2 aromatic carbocycles. The van der Waals surface area contributed by atoms with E-state index < -0.39 is 11.2 Å². The first-order chi connectivity index (χ1) is 9.42. The first-order valence-corrected chi connectivity index (χ1v) is 6.68. The molecule has 0 saturated heterocycles. The lowest BCUT2D eigenvalue weighted by Gasteiger charge is -2.24. The highest BCUT2D eigenvalue weighted by molar-refractivity contribution is 5.30. The molecule has 0 spiro atoms. The zero-order chi connectivity index (χ0) is 14.6. The number of benzene rings is 2. The van der Waals surface area contributed by atoms with Gasteiger partial charge in [-0.2, -0.15) is 0 Å². The van der Waals surface area contributed by atoms with E-state index in [0.29, 0.717) is 0 Å². The maximum Gasteiger partial charge on any atom is 0.105 e. The quantitative estimate of drug-likeness (QED) is 0.835. The molecule has 0 aliphatic heterocycles. The first kappa shape index (κ1) is 14.5. The van der Waals surface area contributed by atoms with Gasteiger partial charge in [0.2, 0.25) is 0 Å². The third-order valence-corrected chi connectivity index (χ3v) is 3.45. The Morgan fingerprint density at radius 3 is 1.25 bits per heavy atom. The average Bonchev–Trinajstić information content (AvgIpc) is 2.47. The van der Waals surface area contributed by atoms with Gasteiger partial charge in [-0.25, -0.2) is 0 Å². The molecule has 2 aromatic rings. The smallest absolute Gasteiger partial charge is 0.105 e. The van der Waals surface area contributed by atoms with Gasteiger partial charge >= 0.3 is 0 Å². The summed E-state index contributed by atoms with van der Waals surface area (Å²) >= 11 is 0. The minimum absolute atomic E-state index is 0.792. The van der Waals surface area contributed by atoms with Crippen LogP contribution in [0.15, 0.2) is 72.8 Å². The van der Waals surface area contributed by atoms with E-state index in [-0.39, 0.29) is 0 Å². The minimum Gasteiger partial charge on any atom is -0.381 e. The third-order valence-electron chi connectivity index (χ3n) is 3.45. The number of hydrogen-bond donors (Lipinski definition) is 2. The van der Waals surface area contributed by atoms with Crippen LogP contribution in [0, 0.1) is 0 Å². The Kier molecular flexibility index (Phi) is 4.07. The first-order valence-electron chi connectivity index (χ1n) is 6.68. The summed E-state index contributed by atoms with van der Waals surface area (Å²) in [5.41, 5.74) is -0.639. The van der Waals surface area contributed by atoms with E-state index in [0.717, 1.165) is 11.1 Å². The Balaban J connectivity index is 2.24. The number of hydrogen-bond acceptors (Lipinski definition) is 2. The van der Waals surface area contributed by atoms with Crippen molar-refractivity contribution in [2.24, 2.45) is 0 Å². The highest BCUT2D eigenvalue weighted by Crippen LogP contribution is 2.27. The lowest BCUT2D eigenvalue weighted by Crippen LogP contribution is -2.22. The zero-order valence-corrected chi connectivity index (χ0v) is 11.8. The Morgan fingerprint density at radius 2 is 0.950 bits per heavy atom. The minimum atomic E-state index is -1.11. The topological polar surface area (TPSA) is 40.5 Å². The van der Waals surface area contributed by atoms with Crippen molar-refractivity contribution in [2.75, 3.05) is 0 Å². The van der Waals surface area contributed by atoms with Gasteiger partial charge in [-0.15, -0.1) is 0 Å². The molecule has 0 aliphatic carbocycles. The fourth-order valence-corrected chi connectivity index (χ4v) is 2.07. The van der Waals surface area contributed by atoms with Gasteiger partial charge in [0.1, 0.15) is 11.2 Å². The predicted octanol–water partition coefficient (Wildman–Crippen LogP) is 3.36. The second kappa shape index (κ2) is 5.61. The van der Waals surface area contributed by atoms with Gasteiger partial charge in [0.05, 0.1) is 0 Å². The lowest BCUT2D eigenvalue weighted by molar-refractivity contribution is 0.0921. The van der Waals surface area contributed by atoms with Crippen molar-refractivity contribution in [3.63, 3.8) is 0 Å². The number of rotatable bonds is 4. The van der Waals surface area contributed by atoms with Crippen molar-refractivity contribution in [1.29, 1.82) is 0 Å². The van der Waals surface area contributed by atoms with E-state index >= 15 is 0 Å². The van der Waals surface area contributed by atoms with Gasteiger partial charge in [0.25, 0.3) is 0 Å². The summed E-state index contributed by atoms with van der Waals surface area (Å²) in [6, 6.07) is 18.8. The van der Waals surface area contributed by atoms with Crippen LogP contribution in [0.4, 0.5) is 0 Å². The molecule has 2 nitrogen and oxygen atoms in total. The molecule has 0 aliphatic rings. The summed E-state index contributed by atoms with van der Waals surface area (Å²) in [4.78, 5) is 0. The highest BCUT2D eigenvalue weighted by atomic mass is 16.3. The Bertz CT molecular complexity index is 515. The maximum absolute atomic E-state index is 10.5. The van der Waals surface area contributed by atoms with Crippen molar-refractivity contribution < 1.29 is 10.2 Å². The second-order valence-electron chi connectivity index (χ2n) is 5.36. The fourth-order valence-electron chi connectivity index (χ4n) is 2.07. The van der Waals surface area contributed by atoms with Crippen molar-refractivity contribution in [3.8, 4) is 0 Å². The molecule has 2 unspecified atom stereocenters. The summed E-state index contributed by atoms with van der Waals surface area (Å²) < 4.78 is 0. The molecule has 104 valence electrons. The molecule has 2 atom stereocenters. The van der Waals surface area contributed by atoms with Crippen molar-refractivity contribution in [2.45, 2.75) is 25.0 Å². The predicted molar refractivity (Wildman–Crippen MR) is 81.2 cm³/mol. The van der Waals surface area contributed by atoms with Crippen LogP contribution in [0.3, 0.4) is 0 Å². The van der Waals surface area contributed by atoms with Gasteiger partial charge in [-0.05, 0) is 37.1 Å². The van der Waals surface area contributed by atoms with Crippen LogP contribution in [0.2, 0.25) is 0 Å². The van der Waals surface area contributed by atoms with Crippen LogP contribution in [0.25, 0.3) is 0 Å². The summed E-state index contributed by atoms with van der Waals surface area (Å²) in [6.07, 6.45) is 3.27. The van der Waals surface area contributed by atoms with Crippen molar-refractivity contribution in [1.82, 2.24) is 0 Å². The Morgan fingerprint density at radius 1 is 0.650 bits per heavy atom. The van der Waals surface area contributed by atoms with Crippen LogP contribution in [-0.2, 0) is 11.2 Å². The molecule has 2 rings (SSSR count). The molecule has 0 heterocycles. The molecule has 2 heteroatoms. The molecule has 2 N–H and O–H groups in total. The summed E-state index contributed by atoms with van der Waals surface area (Å²) in [6.45, 7) is 3.42. The van der Waals surface area contributed by atoms with E-state index in [1.807, 2.05) is 60.7 Å². The van der Waals surface area contributed by atoms with Gasteiger partial charge in [0.15, 0.2) is 0 Å². The average molecular weight is 268 g/mol. The van der Waals surface area contributed by atoms with Crippen molar-refractivity contribution in [3.05, 3.63) is 83.9 Å². The second-order valence-corrected chi connectivity index (χ2v) is 5.36. The van der Waals surface area contributed by atoms with E-state index in [9.17, 15) is 10.2 Å². The van der Waals surface area contributed by atoms with Crippen LogP contribution in [0.5, 0.6) is 0 Å². The number of aliphatic hydroxyl groups is 2. The molecular formula is C18H20O2. The molecular weight excluding hydrogens is 248 g/mol. The SMILES string of the molecule is CC(O)(C=CC(C)(O)c1ccccc1)c1ccccc1. The summed E-state index contributed by atoms with van der Waals surface area (Å²) in [5, 5.41) is 21.0. The van der Waals surface area contributed by atoms with Crippen LogP contribution < -0.4 is 0 Å². The van der Waals surface area contributed by atoms with Gasteiger partial charge in [0, 0.05) is 0 Å². The molecule has 0 saturated carbocycles. The van der Waals surface area contributed by atoms with Crippen molar-refractivity contribution >= 4 is 0 Å². The molecule has 0 aromatic heterocycles. The zero-order valence-electron chi connectivity index (χ0n) is 11.8. The summed E-state index contributed by atoms with van der Waals surface area (Å²) in [7, 11) is 0. The fraction of sp³-hybridized carbons (Fsp3) is 0.222. The lowest BCUT2D eigenvalue weighted by atomic mass is 9.90. The Labute approximate surface area is 120 Å². The monoisotopic (exact) mass is 268 g/mol. The normalized spacial score (nSPS) is 17.6. The summed E-state index contributed by atoms with van der Waals surface area (Å²) in [5.74, 6) is 0. The van der Waals surface area contributed by atoms with E-state index in [1.54, 1.807) is 26.0 Å².